The van der Waals surface area contributed by atoms with Gasteiger partial charge in [-0.1, -0.05) is 12.1 Å². The van der Waals surface area contributed by atoms with E-state index in [0.29, 0.717) is 6.54 Å². The topological polar surface area (TPSA) is 82.2 Å². The molecule has 0 radical (unpaired) electrons. The van der Waals surface area contributed by atoms with Gasteiger partial charge in [0.2, 0.25) is 0 Å². The van der Waals surface area contributed by atoms with Crippen molar-refractivity contribution in [3.63, 3.8) is 0 Å². The molecule has 0 unspecified atom stereocenters. The molecule has 4 N–H and O–H groups in total. The molecule has 0 bridgehead atoms. The van der Waals surface area contributed by atoms with Crippen molar-refractivity contribution in [1.29, 1.82) is 5.41 Å². The smallest absolute Gasteiger partial charge is 0.388 e. The first-order valence-electron chi connectivity index (χ1n) is 6.30. The average molecular weight is 302 g/mol. The van der Waals surface area contributed by atoms with E-state index < -0.39 is 17.8 Å². The number of amides is 2. The van der Waals surface area contributed by atoms with Gasteiger partial charge in [0.05, 0.1) is 17.1 Å². The van der Waals surface area contributed by atoms with Gasteiger partial charge in [-0.25, -0.2) is 4.79 Å². The molecule has 5 nitrogen and oxygen atoms in total. The van der Waals surface area contributed by atoms with Gasteiger partial charge in [-0.15, -0.1) is 0 Å². The molecule has 2 amide bonds. The quantitative estimate of drug-likeness (QED) is 0.577. The summed E-state index contributed by atoms with van der Waals surface area (Å²) in [4.78, 5) is 13.3. The number of benzene rings is 1. The van der Waals surface area contributed by atoms with Crippen molar-refractivity contribution in [2.24, 2.45) is 5.73 Å². The molecule has 1 rings (SSSR count). The maximum absolute atomic E-state index is 12.8. The molecule has 0 fully saturated rings. The summed E-state index contributed by atoms with van der Waals surface area (Å²) in [6.07, 6.45) is -4.37. The molecule has 0 aliphatic heterocycles. The van der Waals surface area contributed by atoms with Crippen LogP contribution in [0.15, 0.2) is 24.3 Å². The molecule has 0 heterocycles. The number of carbonyl (C=O) groups excluding carboxylic acids is 1. The second-order valence-electron chi connectivity index (χ2n) is 4.33. The number of hydrogen-bond donors (Lipinski definition) is 3. The van der Waals surface area contributed by atoms with Crippen molar-refractivity contribution in [2.45, 2.75) is 19.5 Å². The molecular formula is C13H17F3N4O. The van der Waals surface area contributed by atoms with Gasteiger partial charge < -0.3 is 16.0 Å². The molecule has 116 valence electrons. The zero-order valence-corrected chi connectivity index (χ0v) is 11.5. The van der Waals surface area contributed by atoms with Crippen molar-refractivity contribution >= 4 is 17.6 Å². The van der Waals surface area contributed by atoms with E-state index in [9.17, 15) is 18.0 Å². The molecule has 0 aromatic heterocycles. The van der Waals surface area contributed by atoms with Crippen molar-refractivity contribution in [3.05, 3.63) is 29.8 Å². The highest BCUT2D eigenvalue weighted by atomic mass is 19.4. The number of nitrogens with one attached hydrogen (secondary N) is 2. The standard InChI is InChI=1S/C13H17F3N4O/c1-2-20(8-7-11(17)18)12(21)19-10-6-4-3-5-9(10)13(14,15)16/h3-6H,2,7-8H2,1H3,(H3,17,18)(H,19,21). The predicted octanol–water partition coefficient (Wildman–Crippen LogP) is 2.89. The van der Waals surface area contributed by atoms with Gasteiger partial charge in [0.15, 0.2) is 0 Å². The lowest BCUT2D eigenvalue weighted by molar-refractivity contribution is -0.136. The van der Waals surface area contributed by atoms with Crippen LogP contribution in [0.5, 0.6) is 0 Å². The van der Waals surface area contributed by atoms with Crippen molar-refractivity contribution in [3.8, 4) is 0 Å². The third-order valence-corrected chi connectivity index (χ3v) is 2.79. The van der Waals surface area contributed by atoms with E-state index in [1.54, 1.807) is 6.92 Å². The minimum Gasteiger partial charge on any atom is -0.388 e. The van der Waals surface area contributed by atoms with Crippen LogP contribution in [0.4, 0.5) is 23.7 Å². The lowest BCUT2D eigenvalue weighted by Gasteiger charge is -2.22. The fourth-order valence-corrected chi connectivity index (χ4v) is 1.69. The molecule has 0 saturated carbocycles. The number of anilines is 1. The van der Waals surface area contributed by atoms with Gasteiger partial charge in [-0.2, -0.15) is 13.2 Å². The largest absolute Gasteiger partial charge is 0.418 e. The maximum Gasteiger partial charge on any atom is 0.418 e. The van der Waals surface area contributed by atoms with Gasteiger partial charge >= 0.3 is 12.2 Å². The van der Waals surface area contributed by atoms with Crippen LogP contribution in [-0.4, -0.2) is 29.9 Å². The summed E-state index contributed by atoms with van der Waals surface area (Å²) in [6, 6.07) is 4.11. The van der Waals surface area contributed by atoms with Crippen LogP contribution in [0, 0.1) is 5.41 Å². The minimum absolute atomic E-state index is 0.0862. The second kappa shape index (κ2) is 6.96. The molecular weight excluding hydrogens is 285 g/mol. The number of halogens is 3. The molecule has 1 aromatic carbocycles. The summed E-state index contributed by atoms with van der Waals surface area (Å²) in [7, 11) is 0. The van der Waals surface area contributed by atoms with Crippen LogP contribution in [-0.2, 0) is 6.18 Å². The molecule has 0 aliphatic rings. The van der Waals surface area contributed by atoms with Crippen molar-refractivity contribution < 1.29 is 18.0 Å². The lowest BCUT2D eigenvalue weighted by Crippen LogP contribution is -2.37. The number of urea groups is 1. The summed E-state index contributed by atoms with van der Waals surface area (Å²) >= 11 is 0. The summed E-state index contributed by atoms with van der Waals surface area (Å²) in [5.74, 6) is -0.0862. The van der Waals surface area contributed by atoms with E-state index in [1.807, 2.05) is 0 Å². The number of amidine groups is 1. The summed E-state index contributed by atoms with van der Waals surface area (Å²) in [5, 5.41) is 9.36. The Labute approximate surface area is 120 Å². The Balaban J connectivity index is 2.85. The number of nitrogens with zero attached hydrogens (tertiary/aromatic N) is 1. The van der Waals surface area contributed by atoms with E-state index in [0.717, 1.165) is 6.07 Å². The van der Waals surface area contributed by atoms with Crippen LogP contribution < -0.4 is 11.1 Å². The number of nitrogens with two attached hydrogens (primary N) is 1. The molecule has 1 aromatic rings. The maximum atomic E-state index is 12.8. The second-order valence-corrected chi connectivity index (χ2v) is 4.33. The summed E-state index contributed by atoms with van der Waals surface area (Å²) in [5.41, 5.74) is 4.01. The van der Waals surface area contributed by atoms with Gasteiger partial charge in [0, 0.05) is 19.5 Å². The minimum atomic E-state index is -4.54. The predicted molar refractivity (Wildman–Crippen MR) is 74.2 cm³/mol. The fourth-order valence-electron chi connectivity index (χ4n) is 1.69. The first kappa shape index (κ1) is 16.8. The number of para-hydroxylation sites is 1. The fraction of sp³-hybridized carbons (Fsp3) is 0.385. The molecule has 21 heavy (non-hydrogen) atoms. The first-order valence-corrected chi connectivity index (χ1v) is 6.30. The Hall–Kier alpha value is -2.25. The lowest BCUT2D eigenvalue weighted by atomic mass is 10.1. The third-order valence-electron chi connectivity index (χ3n) is 2.79. The first-order chi connectivity index (χ1) is 9.75. The Kier molecular flexibility index (Phi) is 5.57. The number of rotatable bonds is 5. The summed E-state index contributed by atoms with van der Waals surface area (Å²) < 4.78 is 38.5. The van der Waals surface area contributed by atoms with Crippen LogP contribution in [0.1, 0.15) is 18.9 Å². The Morgan fingerprint density at radius 1 is 1.38 bits per heavy atom. The Morgan fingerprint density at radius 2 is 2.00 bits per heavy atom. The molecule has 0 atom stereocenters. The molecule has 0 spiro atoms. The number of alkyl halides is 3. The van der Waals surface area contributed by atoms with E-state index >= 15 is 0 Å². The Bertz CT molecular complexity index is 516. The van der Waals surface area contributed by atoms with Gasteiger partial charge in [0.25, 0.3) is 0 Å². The number of hydrogen-bond acceptors (Lipinski definition) is 2. The number of carbonyl (C=O) groups is 1. The normalized spacial score (nSPS) is 11.0. The van der Waals surface area contributed by atoms with Crippen molar-refractivity contribution in [2.75, 3.05) is 18.4 Å². The average Bonchev–Trinajstić information content (AvgIpc) is 2.38. The summed E-state index contributed by atoms with van der Waals surface area (Å²) in [6.45, 7) is 2.16. The third kappa shape index (κ3) is 4.97. The highest BCUT2D eigenvalue weighted by Crippen LogP contribution is 2.34. The zero-order valence-electron chi connectivity index (χ0n) is 11.5. The highest BCUT2D eigenvalue weighted by molar-refractivity contribution is 5.90. The van der Waals surface area contributed by atoms with E-state index in [1.165, 1.54) is 23.1 Å². The van der Waals surface area contributed by atoms with E-state index in [2.05, 4.69) is 5.32 Å². The van der Waals surface area contributed by atoms with Crippen LogP contribution in [0.3, 0.4) is 0 Å². The van der Waals surface area contributed by atoms with Gasteiger partial charge in [-0.05, 0) is 19.1 Å². The van der Waals surface area contributed by atoms with E-state index in [4.69, 9.17) is 11.1 Å². The zero-order chi connectivity index (χ0) is 16.0. The molecule has 8 heteroatoms. The van der Waals surface area contributed by atoms with E-state index in [-0.39, 0.29) is 24.5 Å². The Morgan fingerprint density at radius 3 is 2.52 bits per heavy atom. The van der Waals surface area contributed by atoms with Crippen LogP contribution in [0.2, 0.25) is 0 Å². The monoisotopic (exact) mass is 302 g/mol. The van der Waals surface area contributed by atoms with Crippen molar-refractivity contribution in [1.82, 2.24) is 4.90 Å². The van der Waals surface area contributed by atoms with Gasteiger partial charge in [-0.3, -0.25) is 5.41 Å². The molecule has 0 aliphatic carbocycles. The van der Waals surface area contributed by atoms with Crippen LogP contribution in [0.25, 0.3) is 0 Å². The van der Waals surface area contributed by atoms with Gasteiger partial charge in [0.1, 0.15) is 0 Å². The molecule has 0 saturated heterocycles. The SMILES string of the molecule is CCN(CCC(=N)N)C(=O)Nc1ccccc1C(F)(F)F. The van der Waals surface area contributed by atoms with Crippen LogP contribution >= 0.6 is 0 Å². The highest BCUT2D eigenvalue weighted by Gasteiger charge is 2.33.